The summed E-state index contributed by atoms with van der Waals surface area (Å²) in [5.41, 5.74) is 0. The molecular weight excluding hydrogens is 114 g/mol. The Morgan fingerprint density at radius 3 is 3.11 bits per heavy atom. The third kappa shape index (κ3) is 2.90. The Kier molecular flexibility index (Phi) is 2.31. The third-order valence-electron chi connectivity index (χ3n) is 1.07. The van der Waals surface area contributed by atoms with Crippen molar-refractivity contribution >= 4 is 6.21 Å². The number of hydrogen-bond donors (Lipinski definition) is 0. The lowest BCUT2D eigenvalue weighted by Crippen LogP contribution is -1.82. The Labute approximate surface area is 55.2 Å². The zero-order valence-electron chi connectivity index (χ0n) is 5.34. The van der Waals surface area contributed by atoms with Gasteiger partial charge in [-0.05, 0) is 12.8 Å². The van der Waals surface area contributed by atoms with E-state index in [-0.39, 0.29) is 0 Å². The topological polar surface area (TPSA) is 21.6 Å². The van der Waals surface area contributed by atoms with Crippen molar-refractivity contribution in [2.45, 2.75) is 12.8 Å². The lowest BCUT2D eigenvalue weighted by Gasteiger charge is -1.87. The molecule has 0 unspecified atom stereocenters. The van der Waals surface area contributed by atoms with Crippen LogP contribution in [0.4, 0.5) is 0 Å². The lowest BCUT2D eigenvalue weighted by molar-refractivity contribution is 0.175. The molecule has 1 radical (unpaired) electrons. The van der Waals surface area contributed by atoms with E-state index in [0.717, 1.165) is 0 Å². The minimum atomic E-state index is 0.486. The van der Waals surface area contributed by atoms with Crippen molar-refractivity contribution in [3.05, 3.63) is 12.7 Å². The maximum Gasteiger partial charge on any atom is 0.135 e. The van der Waals surface area contributed by atoms with E-state index < -0.39 is 0 Å². The first-order valence-electron chi connectivity index (χ1n) is 3.12. The van der Waals surface area contributed by atoms with Gasteiger partial charge in [-0.15, -0.1) is 0 Å². The highest BCUT2D eigenvalue weighted by Crippen LogP contribution is 2.26. The molecule has 1 rings (SSSR count). The van der Waals surface area contributed by atoms with Gasteiger partial charge in [0.2, 0.25) is 0 Å². The summed E-state index contributed by atoms with van der Waals surface area (Å²) in [5, 5.41) is 3.60. The van der Waals surface area contributed by atoms with Gasteiger partial charge in [0, 0.05) is 5.92 Å². The van der Waals surface area contributed by atoms with Crippen molar-refractivity contribution in [2.24, 2.45) is 11.1 Å². The largest absolute Gasteiger partial charge is 0.391 e. The van der Waals surface area contributed by atoms with Crippen molar-refractivity contribution < 1.29 is 4.84 Å². The van der Waals surface area contributed by atoms with Gasteiger partial charge in [0.1, 0.15) is 12.8 Å². The maximum atomic E-state index is 4.73. The smallest absolute Gasteiger partial charge is 0.135 e. The van der Waals surface area contributed by atoms with Crippen LogP contribution in [0.25, 0.3) is 0 Å². The summed E-state index contributed by atoms with van der Waals surface area (Å²) in [6.07, 6.45) is 6.96. The second kappa shape index (κ2) is 3.28. The standard InChI is InChI=1S/C7H10NO/c1-2-5-9-8-6-7-3-4-7/h2,7H,1,3-5H2. The van der Waals surface area contributed by atoms with Gasteiger partial charge in [0.25, 0.3) is 0 Å². The number of hydrogen-bond acceptors (Lipinski definition) is 2. The fourth-order valence-corrected chi connectivity index (χ4v) is 0.414. The van der Waals surface area contributed by atoms with Gasteiger partial charge >= 0.3 is 0 Å². The molecule has 49 valence electrons. The molecule has 0 atom stereocenters. The quantitative estimate of drug-likeness (QED) is 0.240. The van der Waals surface area contributed by atoms with Crippen LogP contribution in [-0.2, 0) is 4.84 Å². The molecule has 2 nitrogen and oxygen atoms in total. The van der Waals surface area contributed by atoms with E-state index in [0.29, 0.717) is 12.5 Å². The van der Waals surface area contributed by atoms with E-state index in [1.165, 1.54) is 12.8 Å². The van der Waals surface area contributed by atoms with E-state index in [2.05, 4.69) is 17.9 Å². The Morgan fingerprint density at radius 1 is 1.78 bits per heavy atom. The van der Waals surface area contributed by atoms with Gasteiger partial charge in [0.05, 0.1) is 0 Å². The summed E-state index contributed by atoms with van der Waals surface area (Å²) in [4.78, 5) is 4.73. The Hall–Kier alpha value is -0.790. The van der Waals surface area contributed by atoms with Crippen LogP contribution in [0, 0.1) is 5.92 Å². The highest BCUT2D eigenvalue weighted by Gasteiger charge is 2.19. The Balaban J connectivity index is 1.95. The molecule has 0 spiro atoms. The van der Waals surface area contributed by atoms with Crippen molar-refractivity contribution in [1.82, 2.24) is 0 Å². The predicted octanol–water partition coefficient (Wildman–Crippen LogP) is 1.46. The normalized spacial score (nSPS) is 18.2. The fourth-order valence-electron chi connectivity index (χ4n) is 0.414. The van der Waals surface area contributed by atoms with Crippen molar-refractivity contribution in [1.29, 1.82) is 0 Å². The first-order valence-corrected chi connectivity index (χ1v) is 3.12. The SMILES string of the molecule is C=CCO/N=[C]/C1CC1. The molecule has 2 heteroatoms. The molecule has 0 aliphatic heterocycles. The van der Waals surface area contributed by atoms with Crippen molar-refractivity contribution in [3.63, 3.8) is 0 Å². The lowest BCUT2D eigenvalue weighted by atomic mass is 10.5. The number of nitrogens with zero attached hydrogens (tertiary/aromatic N) is 1. The summed E-state index contributed by atoms with van der Waals surface area (Å²) in [6.45, 7) is 3.97. The van der Waals surface area contributed by atoms with Gasteiger partial charge in [-0.3, -0.25) is 0 Å². The summed E-state index contributed by atoms with van der Waals surface area (Å²) in [5.74, 6) is 0.579. The molecule has 0 aromatic heterocycles. The summed E-state index contributed by atoms with van der Waals surface area (Å²) < 4.78 is 0. The zero-order valence-corrected chi connectivity index (χ0v) is 5.34. The van der Waals surface area contributed by atoms with Crippen LogP contribution in [-0.4, -0.2) is 12.8 Å². The highest BCUT2D eigenvalue weighted by atomic mass is 16.6. The van der Waals surface area contributed by atoms with E-state index >= 15 is 0 Å². The zero-order chi connectivity index (χ0) is 6.53. The van der Waals surface area contributed by atoms with Crippen LogP contribution in [0.15, 0.2) is 17.8 Å². The van der Waals surface area contributed by atoms with Crippen LogP contribution in [0.5, 0.6) is 0 Å². The molecule has 1 saturated carbocycles. The van der Waals surface area contributed by atoms with Crippen LogP contribution in [0.2, 0.25) is 0 Å². The summed E-state index contributed by atoms with van der Waals surface area (Å²) >= 11 is 0. The summed E-state index contributed by atoms with van der Waals surface area (Å²) in [6, 6.07) is 0. The highest BCUT2D eigenvalue weighted by molar-refractivity contribution is 5.62. The second-order valence-electron chi connectivity index (χ2n) is 2.08. The molecule has 0 N–H and O–H groups in total. The molecule has 1 aliphatic rings. The van der Waals surface area contributed by atoms with E-state index in [4.69, 9.17) is 4.84 Å². The fraction of sp³-hybridized carbons (Fsp3) is 0.571. The molecule has 0 aromatic rings. The van der Waals surface area contributed by atoms with E-state index in [1.807, 2.05) is 0 Å². The van der Waals surface area contributed by atoms with Gasteiger partial charge in [-0.25, -0.2) is 0 Å². The van der Waals surface area contributed by atoms with Gasteiger partial charge in [0.15, 0.2) is 0 Å². The maximum absolute atomic E-state index is 4.73. The minimum Gasteiger partial charge on any atom is -0.391 e. The van der Waals surface area contributed by atoms with Gasteiger partial charge in [-0.2, -0.15) is 0 Å². The first-order chi connectivity index (χ1) is 4.43. The minimum absolute atomic E-state index is 0.486. The average molecular weight is 124 g/mol. The monoisotopic (exact) mass is 124 g/mol. The van der Waals surface area contributed by atoms with Crippen LogP contribution in [0.3, 0.4) is 0 Å². The predicted molar refractivity (Wildman–Crippen MR) is 36.3 cm³/mol. The summed E-state index contributed by atoms with van der Waals surface area (Å²) in [7, 11) is 0. The Morgan fingerprint density at radius 2 is 2.56 bits per heavy atom. The molecule has 1 fully saturated rings. The number of rotatable bonds is 4. The van der Waals surface area contributed by atoms with Crippen LogP contribution < -0.4 is 0 Å². The van der Waals surface area contributed by atoms with E-state index in [9.17, 15) is 0 Å². The van der Waals surface area contributed by atoms with Crippen LogP contribution >= 0.6 is 0 Å². The van der Waals surface area contributed by atoms with E-state index in [1.54, 1.807) is 6.08 Å². The molecule has 0 aromatic carbocycles. The molecule has 0 saturated heterocycles. The molecule has 1 aliphatic carbocycles. The van der Waals surface area contributed by atoms with Crippen LogP contribution in [0.1, 0.15) is 12.8 Å². The Bertz CT molecular complexity index is 116. The second-order valence-corrected chi connectivity index (χ2v) is 2.08. The molecule has 0 bridgehead atoms. The molecule has 0 amide bonds. The molecule has 0 heterocycles. The molecule has 9 heavy (non-hydrogen) atoms. The molecular formula is C7H10NO. The third-order valence-corrected chi connectivity index (χ3v) is 1.07. The average Bonchev–Trinajstić information content (AvgIpc) is 2.63. The van der Waals surface area contributed by atoms with Gasteiger partial charge < -0.3 is 4.84 Å². The van der Waals surface area contributed by atoms with Crippen molar-refractivity contribution in [3.8, 4) is 0 Å². The van der Waals surface area contributed by atoms with Crippen molar-refractivity contribution in [2.75, 3.05) is 6.61 Å². The first kappa shape index (κ1) is 6.33. The van der Waals surface area contributed by atoms with Gasteiger partial charge in [-0.1, -0.05) is 17.8 Å².